The molecule has 3 aromatic rings. The second-order valence-electron chi connectivity index (χ2n) is 5.50. The number of carbonyl (C=O) groups is 1. The van der Waals surface area contributed by atoms with Gasteiger partial charge in [0.2, 0.25) is 0 Å². The van der Waals surface area contributed by atoms with Crippen molar-refractivity contribution in [3.63, 3.8) is 0 Å². The van der Waals surface area contributed by atoms with E-state index in [0.29, 0.717) is 17.9 Å². The Morgan fingerprint density at radius 1 is 1.21 bits per heavy atom. The Bertz CT molecular complexity index is 918. The predicted octanol–water partition coefficient (Wildman–Crippen LogP) is 3.91. The minimum atomic E-state index is -0.416. The van der Waals surface area contributed by atoms with E-state index >= 15 is 0 Å². The third-order valence-electron chi connectivity index (χ3n) is 3.89. The lowest BCUT2D eigenvalue weighted by Crippen LogP contribution is -2.04. The van der Waals surface area contributed by atoms with Crippen molar-refractivity contribution in [2.24, 2.45) is 0 Å². The molecule has 0 fully saturated rings. The summed E-state index contributed by atoms with van der Waals surface area (Å²) in [6, 6.07) is 8.16. The van der Waals surface area contributed by atoms with Gasteiger partial charge in [0.15, 0.2) is 10.9 Å². The molecule has 0 amide bonds. The summed E-state index contributed by atoms with van der Waals surface area (Å²) in [7, 11) is 0. The van der Waals surface area contributed by atoms with Crippen LogP contribution in [0.1, 0.15) is 28.5 Å². The van der Waals surface area contributed by atoms with Crippen molar-refractivity contribution in [1.82, 2.24) is 14.4 Å². The van der Waals surface area contributed by atoms with E-state index < -0.39 is 5.97 Å². The molecule has 5 nitrogen and oxygen atoms in total. The molecule has 24 heavy (non-hydrogen) atoms. The summed E-state index contributed by atoms with van der Waals surface area (Å²) < 4.78 is 6.85. The summed E-state index contributed by atoms with van der Waals surface area (Å²) in [5.74, 6) is -0.416. The molecule has 0 bridgehead atoms. The van der Waals surface area contributed by atoms with Gasteiger partial charge in [-0.3, -0.25) is 4.40 Å². The van der Waals surface area contributed by atoms with Crippen molar-refractivity contribution < 1.29 is 9.53 Å². The summed E-state index contributed by atoms with van der Waals surface area (Å²) in [5.41, 5.74) is 5.33. The van der Waals surface area contributed by atoms with Gasteiger partial charge in [0, 0.05) is 17.8 Å². The molecule has 0 N–H and O–H groups in total. The molecule has 124 valence electrons. The number of aryl methyl sites for hydroxylation is 2. The van der Waals surface area contributed by atoms with E-state index in [2.05, 4.69) is 37.0 Å². The standard InChI is InChI=1S/C18H19N3O2S/c1-5-23-17(22)15-10-21-16(19-15)9-14(20-18(21)24-4)13-7-6-11(2)12(3)8-13/h6-10H,5H2,1-4H3. The van der Waals surface area contributed by atoms with E-state index in [1.165, 1.54) is 22.9 Å². The first kappa shape index (κ1) is 16.5. The van der Waals surface area contributed by atoms with Crippen LogP contribution < -0.4 is 0 Å². The predicted molar refractivity (Wildman–Crippen MR) is 95.6 cm³/mol. The van der Waals surface area contributed by atoms with Gasteiger partial charge in [0.1, 0.15) is 5.65 Å². The number of benzene rings is 1. The van der Waals surface area contributed by atoms with Crippen LogP contribution in [-0.2, 0) is 4.74 Å². The molecule has 1 aromatic carbocycles. The molecule has 0 atom stereocenters. The van der Waals surface area contributed by atoms with E-state index in [9.17, 15) is 4.79 Å². The lowest BCUT2D eigenvalue weighted by atomic mass is 10.0. The maximum absolute atomic E-state index is 11.9. The normalized spacial score (nSPS) is 11.0. The Balaban J connectivity index is 2.13. The molecular formula is C18H19N3O2S. The van der Waals surface area contributed by atoms with Crippen LogP contribution >= 0.6 is 11.8 Å². The van der Waals surface area contributed by atoms with Crippen LogP contribution in [0, 0.1) is 13.8 Å². The Kier molecular flexibility index (Phi) is 4.57. The highest BCUT2D eigenvalue weighted by atomic mass is 32.2. The first-order chi connectivity index (χ1) is 11.5. The van der Waals surface area contributed by atoms with Crippen molar-refractivity contribution in [3.8, 4) is 11.3 Å². The SMILES string of the molecule is CCOC(=O)c1cn2c(SC)nc(-c3ccc(C)c(C)c3)cc2n1. The number of hydrogen-bond donors (Lipinski definition) is 0. The highest BCUT2D eigenvalue weighted by molar-refractivity contribution is 7.98. The van der Waals surface area contributed by atoms with Crippen LogP contribution in [0.15, 0.2) is 35.6 Å². The first-order valence-electron chi connectivity index (χ1n) is 7.72. The van der Waals surface area contributed by atoms with Crippen LogP contribution in [-0.4, -0.2) is 33.2 Å². The van der Waals surface area contributed by atoms with Crippen LogP contribution in [0.25, 0.3) is 16.9 Å². The molecule has 2 aromatic heterocycles. The largest absolute Gasteiger partial charge is 0.461 e. The van der Waals surface area contributed by atoms with Crippen molar-refractivity contribution in [2.75, 3.05) is 12.9 Å². The van der Waals surface area contributed by atoms with Gasteiger partial charge < -0.3 is 4.74 Å². The maximum Gasteiger partial charge on any atom is 0.358 e. The molecule has 0 spiro atoms. The fourth-order valence-corrected chi connectivity index (χ4v) is 2.99. The number of imidazole rings is 1. The zero-order chi connectivity index (χ0) is 17.3. The number of thioether (sulfide) groups is 1. The molecule has 0 aliphatic rings. The Morgan fingerprint density at radius 2 is 2.00 bits per heavy atom. The molecule has 3 rings (SSSR count). The van der Waals surface area contributed by atoms with Crippen molar-refractivity contribution in [1.29, 1.82) is 0 Å². The van der Waals surface area contributed by atoms with Gasteiger partial charge in [-0.25, -0.2) is 14.8 Å². The molecule has 0 aliphatic carbocycles. The minimum absolute atomic E-state index is 0.297. The van der Waals surface area contributed by atoms with Gasteiger partial charge in [-0.05, 0) is 44.2 Å². The number of nitrogens with zero attached hydrogens (tertiary/aromatic N) is 3. The summed E-state index contributed by atoms with van der Waals surface area (Å²) in [6.45, 7) is 6.28. The molecule has 0 saturated heterocycles. The van der Waals surface area contributed by atoms with Crippen LogP contribution in [0.5, 0.6) is 0 Å². The third kappa shape index (κ3) is 3.01. The fourth-order valence-electron chi connectivity index (χ4n) is 2.46. The number of esters is 1. The first-order valence-corrected chi connectivity index (χ1v) is 8.95. The average Bonchev–Trinajstić information content (AvgIpc) is 3.01. The Morgan fingerprint density at radius 3 is 2.67 bits per heavy atom. The molecule has 0 aliphatic heterocycles. The molecule has 6 heteroatoms. The van der Waals surface area contributed by atoms with E-state index in [1.807, 2.05) is 16.7 Å². The number of rotatable bonds is 4. The number of fused-ring (bicyclic) bond motifs is 1. The second-order valence-corrected chi connectivity index (χ2v) is 6.28. The zero-order valence-electron chi connectivity index (χ0n) is 14.2. The highest BCUT2D eigenvalue weighted by Gasteiger charge is 2.15. The van der Waals surface area contributed by atoms with Crippen LogP contribution in [0.2, 0.25) is 0 Å². The number of aromatic nitrogens is 3. The topological polar surface area (TPSA) is 56.5 Å². The monoisotopic (exact) mass is 341 g/mol. The lowest BCUT2D eigenvalue weighted by Gasteiger charge is -2.08. The summed E-state index contributed by atoms with van der Waals surface area (Å²) >= 11 is 1.51. The average molecular weight is 341 g/mol. The van der Waals surface area contributed by atoms with Gasteiger partial charge in [-0.2, -0.15) is 0 Å². The molecular weight excluding hydrogens is 322 g/mol. The molecule has 0 unspecified atom stereocenters. The number of carbonyl (C=O) groups excluding carboxylic acids is 1. The van der Waals surface area contributed by atoms with Crippen molar-refractivity contribution in [2.45, 2.75) is 25.9 Å². The Hall–Kier alpha value is -2.34. The van der Waals surface area contributed by atoms with Gasteiger partial charge >= 0.3 is 5.97 Å². The van der Waals surface area contributed by atoms with E-state index in [0.717, 1.165) is 16.4 Å². The third-order valence-corrected chi connectivity index (χ3v) is 4.54. The minimum Gasteiger partial charge on any atom is -0.461 e. The van der Waals surface area contributed by atoms with E-state index in [1.54, 1.807) is 13.1 Å². The summed E-state index contributed by atoms with van der Waals surface area (Å²) in [6.07, 6.45) is 3.63. The second kappa shape index (κ2) is 6.65. The zero-order valence-corrected chi connectivity index (χ0v) is 15.0. The quantitative estimate of drug-likeness (QED) is 0.409. The number of hydrogen-bond acceptors (Lipinski definition) is 5. The maximum atomic E-state index is 11.9. The fraction of sp³-hybridized carbons (Fsp3) is 0.278. The highest BCUT2D eigenvalue weighted by Crippen LogP contribution is 2.25. The smallest absolute Gasteiger partial charge is 0.358 e. The summed E-state index contributed by atoms with van der Waals surface area (Å²) in [4.78, 5) is 21.0. The van der Waals surface area contributed by atoms with Crippen LogP contribution in [0.4, 0.5) is 0 Å². The van der Waals surface area contributed by atoms with Gasteiger partial charge in [0.25, 0.3) is 0 Å². The van der Waals surface area contributed by atoms with Crippen molar-refractivity contribution in [3.05, 3.63) is 47.3 Å². The van der Waals surface area contributed by atoms with E-state index in [-0.39, 0.29) is 0 Å². The molecule has 2 heterocycles. The Labute approximate surface area is 145 Å². The number of ether oxygens (including phenoxy) is 1. The van der Waals surface area contributed by atoms with Gasteiger partial charge in [0.05, 0.1) is 12.3 Å². The van der Waals surface area contributed by atoms with Gasteiger partial charge in [-0.1, -0.05) is 23.9 Å². The van der Waals surface area contributed by atoms with Gasteiger partial charge in [-0.15, -0.1) is 0 Å². The van der Waals surface area contributed by atoms with Crippen LogP contribution in [0.3, 0.4) is 0 Å². The lowest BCUT2D eigenvalue weighted by molar-refractivity contribution is 0.0520. The molecule has 0 saturated carbocycles. The molecule has 0 radical (unpaired) electrons. The summed E-state index contributed by atoms with van der Waals surface area (Å²) in [5, 5.41) is 0.781. The van der Waals surface area contributed by atoms with Crippen molar-refractivity contribution >= 4 is 23.4 Å². The van der Waals surface area contributed by atoms with E-state index in [4.69, 9.17) is 9.72 Å².